The maximum atomic E-state index is 15.3. The van der Waals surface area contributed by atoms with Crippen LogP contribution in [0.3, 0.4) is 0 Å². The lowest BCUT2D eigenvalue weighted by atomic mass is 9.90. The van der Waals surface area contributed by atoms with Gasteiger partial charge in [0.2, 0.25) is 0 Å². The molecule has 206 valence electrons. The number of benzene rings is 3. The Morgan fingerprint density at radius 1 is 1.00 bits per heavy atom. The molecule has 3 N–H and O–H groups in total. The second kappa shape index (κ2) is 12.9. The minimum Gasteiger partial charge on any atom is -0.496 e. The van der Waals surface area contributed by atoms with Crippen LogP contribution in [0, 0.1) is 19.7 Å². The third-order valence-electron chi connectivity index (χ3n) is 6.75. The molecule has 4 rings (SSSR count). The van der Waals surface area contributed by atoms with Gasteiger partial charge in [-0.3, -0.25) is 9.59 Å². The van der Waals surface area contributed by atoms with Gasteiger partial charge in [0.05, 0.1) is 7.11 Å². The van der Waals surface area contributed by atoms with E-state index >= 15 is 4.39 Å². The molecule has 40 heavy (non-hydrogen) atoms. The average Bonchev–Trinajstić information content (AvgIpc) is 2.95. The molecule has 0 unspecified atom stereocenters. The number of carbonyl (C=O) groups excluding carboxylic acids is 1. The van der Waals surface area contributed by atoms with Crippen LogP contribution < -0.4 is 15.4 Å². The number of carbonyl (C=O) groups is 2. The smallest absolute Gasteiger partial charge is 0.303 e. The fourth-order valence-electron chi connectivity index (χ4n) is 4.61. The first-order valence-corrected chi connectivity index (χ1v) is 12.9. The number of aliphatic carboxylic acids is 1. The van der Waals surface area contributed by atoms with Crippen LogP contribution >= 0.6 is 0 Å². The summed E-state index contributed by atoms with van der Waals surface area (Å²) in [4.78, 5) is 31.3. The van der Waals surface area contributed by atoms with Crippen LogP contribution in [0.15, 0.2) is 67.1 Å². The van der Waals surface area contributed by atoms with Gasteiger partial charge in [0, 0.05) is 30.4 Å². The summed E-state index contributed by atoms with van der Waals surface area (Å²) < 4.78 is 20.8. The number of rotatable bonds is 11. The highest BCUT2D eigenvalue weighted by molar-refractivity contribution is 6.03. The summed E-state index contributed by atoms with van der Waals surface area (Å²) in [5.41, 5.74) is 6.58. The van der Waals surface area contributed by atoms with Crippen molar-refractivity contribution in [1.29, 1.82) is 0 Å². The SMILES string of the molecule is COc1cc(-c2cccc(-c3cccc(NC(=O)c4ccncn4)c3C)c2C)cc(F)c1CNCCCC(=O)O. The first kappa shape index (κ1) is 28.4. The number of carboxylic acids is 1. The summed E-state index contributed by atoms with van der Waals surface area (Å²) >= 11 is 0. The van der Waals surface area contributed by atoms with Gasteiger partial charge in [0.1, 0.15) is 23.6 Å². The molecule has 3 aromatic carbocycles. The zero-order chi connectivity index (χ0) is 28.6. The highest BCUT2D eigenvalue weighted by Crippen LogP contribution is 2.37. The predicted molar refractivity (Wildman–Crippen MR) is 152 cm³/mol. The molecule has 0 radical (unpaired) electrons. The number of nitrogens with zero attached hydrogens (tertiary/aromatic N) is 2. The van der Waals surface area contributed by atoms with Gasteiger partial charge in [-0.1, -0.05) is 30.3 Å². The van der Waals surface area contributed by atoms with Gasteiger partial charge in [-0.05, 0) is 84.5 Å². The molecule has 1 aromatic heterocycles. The molecule has 1 amide bonds. The zero-order valence-corrected chi connectivity index (χ0v) is 22.6. The summed E-state index contributed by atoms with van der Waals surface area (Å²) in [6.07, 6.45) is 3.35. The molecule has 0 saturated heterocycles. The van der Waals surface area contributed by atoms with Gasteiger partial charge in [0.15, 0.2) is 0 Å². The minimum atomic E-state index is -0.860. The third kappa shape index (κ3) is 6.50. The topological polar surface area (TPSA) is 113 Å². The van der Waals surface area contributed by atoms with E-state index in [4.69, 9.17) is 9.84 Å². The Morgan fingerprint density at radius 3 is 2.42 bits per heavy atom. The van der Waals surface area contributed by atoms with Crippen molar-refractivity contribution in [2.75, 3.05) is 19.0 Å². The Balaban J connectivity index is 1.62. The van der Waals surface area contributed by atoms with Gasteiger partial charge in [-0.15, -0.1) is 0 Å². The molecule has 0 bridgehead atoms. The number of halogens is 1. The number of ether oxygens (including phenoxy) is 1. The highest BCUT2D eigenvalue weighted by atomic mass is 19.1. The summed E-state index contributed by atoms with van der Waals surface area (Å²) in [7, 11) is 1.50. The maximum Gasteiger partial charge on any atom is 0.303 e. The van der Waals surface area contributed by atoms with Crippen LogP contribution in [0.1, 0.15) is 40.0 Å². The van der Waals surface area contributed by atoms with Crippen LogP contribution in [0.5, 0.6) is 5.75 Å². The fourth-order valence-corrected chi connectivity index (χ4v) is 4.61. The number of hydrogen-bond donors (Lipinski definition) is 3. The number of anilines is 1. The van der Waals surface area contributed by atoms with Crippen LogP contribution in [-0.4, -0.2) is 40.6 Å². The minimum absolute atomic E-state index is 0.0534. The van der Waals surface area contributed by atoms with E-state index in [1.807, 2.05) is 56.3 Å². The molecule has 0 aliphatic carbocycles. The molecule has 1 heterocycles. The van der Waals surface area contributed by atoms with E-state index in [2.05, 4.69) is 20.6 Å². The van der Waals surface area contributed by atoms with Gasteiger partial charge >= 0.3 is 5.97 Å². The number of methoxy groups -OCH3 is 1. The molecular formula is C31H31FN4O4. The van der Waals surface area contributed by atoms with E-state index < -0.39 is 11.8 Å². The van der Waals surface area contributed by atoms with E-state index in [0.29, 0.717) is 35.5 Å². The molecule has 0 aliphatic rings. The van der Waals surface area contributed by atoms with E-state index in [0.717, 1.165) is 27.8 Å². The summed E-state index contributed by atoms with van der Waals surface area (Å²) in [6, 6.07) is 16.4. The van der Waals surface area contributed by atoms with Crippen LogP contribution in [-0.2, 0) is 11.3 Å². The largest absolute Gasteiger partial charge is 0.496 e. The summed E-state index contributed by atoms with van der Waals surface area (Å²) in [5, 5.41) is 14.8. The predicted octanol–water partition coefficient (Wildman–Crippen LogP) is 5.78. The van der Waals surface area contributed by atoms with Gasteiger partial charge in [0.25, 0.3) is 5.91 Å². The average molecular weight is 543 g/mol. The third-order valence-corrected chi connectivity index (χ3v) is 6.75. The van der Waals surface area contributed by atoms with Crippen molar-refractivity contribution in [2.24, 2.45) is 0 Å². The van der Waals surface area contributed by atoms with Crippen molar-refractivity contribution in [2.45, 2.75) is 33.2 Å². The van der Waals surface area contributed by atoms with Gasteiger partial charge in [-0.25, -0.2) is 14.4 Å². The number of nitrogens with one attached hydrogen (secondary N) is 2. The second-order valence-corrected chi connectivity index (χ2v) is 9.32. The molecule has 0 spiro atoms. The lowest BCUT2D eigenvalue weighted by Crippen LogP contribution is -2.17. The van der Waals surface area contributed by atoms with Crippen LogP contribution in [0.2, 0.25) is 0 Å². The molecule has 0 saturated carbocycles. The lowest BCUT2D eigenvalue weighted by molar-refractivity contribution is -0.137. The standard InChI is InChI=1S/C31H31FN4O4/c1-19-22(21-15-26(32)25(29(16-21)40-3)17-33-13-6-11-30(37)38)7-4-8-23(19)24-9-5-10-27(20(24)2)36-31(39)28-12-14-34-18-35-28/h4-5,7-10,12,14-16,18,33H,6,11,13,17H2,1-3H3,(H,36,39)(H,37,38). The first-order chi connectivity index (χ1) is 19.3. The van der Waals surface area contributed by atoms with Crippen molar-refractivity contribution in [1.82, 2.24) is 15.3 Å². The number of hydrogen-bond acceptors (Lipinski definition) is 6. The van der Waals surface area contributed by atoms with E-state index in [1.54, 1.807) is 6.07 Å². The summed E-state index contributed by atoms with van der Waals surface area (Å²) in [5.74, 6) is -1.18. The molecule has 4 aromatic rings. The van der Waals surface area contributed by atoms with Gasteiger partial charge < -0.3 is 20.5 Å². The fraction of sp³-hybridized carbons (Fsp3) is 0.226. The summed E-state index contributed by atoms with van der Waals surface area (Å²) in [6.45, 7) is 4.60. The molecule has 0 fully saturated rings. The molecule has 0 aliphatic heterocycles. The van der Waals surface area contributed by atoms with Crippen molar-refractivity contribution < 1.29 is 23.8 Å². The first-order valence-electron chi connectivity index (χ1n) is 12.9. The molecular weight excluding hydrogens is 511 g/mol. The Morgan fingerprint density at radius 2 is 1.73 bits per heavy atom. The Kier molecular flexibility index (Phi) is 9.19. The quantitative estimate of drug-likeness (QED) is 0.206. The Labute approximate surface area is 232 Å². The van der Waals surface area contributed by atoms with E-state index in [-0.39, 0.29) is 24.6 Å². The Hall–Kier alpha value is -4.63. The van der Waals surface area contributed by atoms with Crippen molar-refractivity contribution >= 4 is 17.6 Å². The molecule has 9 heteroatoms. The number of aromatic nitrogens is 2. The number of amides is 1. The monoisotopic (exact) mass is 542 g/mol. The molecule has 0 atom stereocenters. The Bertz CT molecular complexity index is 1530. The lowest BCUT2D eigenvalue weighted by Gasteiger charge is -2.18. The van der Waals surface area contributed by atoms with Crippen molar-refractivity contribution in [3.8, 4) is 28.0 Å². The van der Waals surface area contributed by atoms with Crippen molar-refractivity contribution in [3.05, 3.63) is 95.3 Å². The van der Waals surface area contributed by atoms with Gasteiger partial charge in [-0.2, -0.15) is 0 Å². The molecule has 8 nitrogen and oxygen atoms in total. The highest BCUT2D eigenvalue weighted by Gasteiger charge is 2.17. The second-order valence-electron chi connectivity index (χ2n) is 9.32. The maximum absolute atomic E-state index is 15.3. The van der Waals surface area contributed by atoms with E-state index in [9.17, 15) is 9.59 Å². The normalized spacial score (nSPS) is 10.8. The van der Waals surface area contributed by atoms with E-state index in [1.165, 1.54) is 25.7 Å². The number of carboxylic acid groups (broad SMARTS) is 1. The van der Waals surface area contributed by atoms with Crippen LogP contribution in [0.25, 0.3) is 22.3 Å². The zero-order valence-electron chi connectivity index (χ0n) is 22.6. The van der Waals surface area contributed by atoms with Crippen molar-refractivity contribution in [3.63, 3.8) is 0 Å². The van der Waals surface area contributed by atoms with Crippen LogP contribution in [0.4, 0.5) is 10.1 Å².